The van der Waals surface area contributed by atoms with Crippen molar-refractivity contribution in [2.24, 2.45) is 0 Å². The topological polar surface area (TPSA) is 25.0 Å². The highest BCUT2D eigenvalue weighted by Gasteiger charge is 2.10. The van der Waals surface area contributed by atoms with Crippen molar-refractivity contribution in [1.82, 2.24) is 4.98 Å². The second-order valence-corrected chi connectivity index (χ2v) is 4.23. The first kappa shape index (κ1) is 10.2. The van der Waals surface area contributed by atoms with E-state index in [2.05, 4.69) is 36.2 Å². The molecule has 0 saturated heterocycles. The third-order valence-electron chi connectivity index (χ3n) is 3.13. The van der Waals surface area contributed by atoms with Crippen LogP contribution in [0.3, 0.4) is 0 Å². The molecule has 2 nitrogen and oxygen atoms in total. The Kier molecular flexibility index (Phi) is 2.29. The number of hydrogen-bond acceptors (Lipinski definition) is 1. The fraction of sp³-hybridized carbons (Fsp3) is 0.200. The van der Waals surface area contributed by atoms with Crippen molar-refractivity contribution in [2.45, 2.75) is 13.8 Å². The molecule has 0 bridgehead atoms. The van der Waals surface area contributed by atoms with Gasteiger partial charge in [0.25, 0.3) is 0 Å². The highest BCUT2D eigenvalue weighted by atomic mass is 16.5. The third kappa shape index (κ3) is 1.48. The first-order valence-electron chi connectivity index (χ1n) is 5.94. The molecular weight excluding hydrogens is 210 g/mol. The fourth-order valence-corrected chi connectivity index (χ4v) is 2.38. The minimum atomic E-state index is 0.688. The summed E-state index contributed by atoms with van der Waals surface area (Å²) in [5.74, 6) is 0.935. The molecule has 0 atom stereocenters. The van der Waals surface area contributed by atoms with Crippen LogP contribution in [-0.4, -0.2) is 11.6 Å². The maximum atomic E-state index is 5.67. The summed E-state index contributed by atoms with van der Waals surface area (Å²) in [4.78, 5) is 3.45. The van der Waals surface area contributed by atoms with E-state index in [1.165, 1.54) is 16.3 Å². The number of hydrogen-bond donors (Lipinski definition) is 1. The smallest absolute Gasteiger partial charge is 0.143 e. The van der Waals surface area contributed by atoms with Crippen LogP contribution >= 0.6 is 0 Å². The summed E-state index contributed by atoms with van der Waals surface area (Å²) < 4.78 is 5.67. The van der Waals surface area contributed by atoms with Gasteiger partial charge in [-0.2, -0.15) is 0 Å². The summed E-state index contributed by atoms with van der Waals surface area (Å²) in [5.41, 5.74) is 3.55. The van der Waals surface area contributed by atoms with Crippen LogP contribution in [0.15, 0.2) is 36.4 Å². The van der Waals surface area contributed by atoms with E-state index in [0.29, 0.717) is 6.61 Å². The molecule has 0 unspecified atom stereocenters. The number of para-hydroxylation sites is 1. The summed E-state index contributed by atoms with van der Waals surface area (Å²) in [7, 11) is 0. The number of ether oxygens (including phenoxy) is 1. The zero-order valence-corrected chi connectivity index (χ0v) is 10.1. The van der Waals surface area contributed by atoms with Gasteiger partial charge in [0.15, 0.2) is 0 Å². The molecule has 0 amide bonds. The minimum Gasteiger partial charge on any atom is -0.492 e. The molecule has 1 heterocycles. The normalized spacial score (nSPS) is 11.2. The number of rotatable bonds is 2. The quantitative estimate of drug-likeness (QED) is 0.699. The molecule has 2 aromatic carbocycles. The SMILES string of the molecule is CCOc1ccc(C)c2c1[nH]c1ccccc12. The summed E-state index contributed by atoms with van der Waals surface area (Å²) in [6, 6.07) is 12.5. The van der Waals surface area contributed by atoms with Crippen LogP contribution in [-0.2, 0) is 0 Å². The first-order valence-corrected chi connectivity index (χ1v) is 5.94. The molecule has 0 aliphatic carbocycles. The van der Waals surface area contributed by atoms with Crippen LogP contribution < -0.4 is 4.74 Å². The predicted molar refractivity (Wildman–Crippen MR) is 71.7 cm³/mol. The van der Waals surface area contributed by atoms with Crippen LogP contribution in [0.1, 0.15) is 12.5 Å². The average molecular weight is 225 g/mol. The number of benzene rings is 2. The van der Waals surface area contributed by atoms with Crippen molar-refractivity contribution in [3.8, 4) is 5.75 Å². The van der Waals surface area contributed by atoms with Crippen molar-refractivity contribution < 1.29 is 4.74 Å². The largest absolute Gasteiger partial charge is 0.492 e. The van der Waals surface area contributed by atoms with Gasteiger partial charge in [0.05, 0.1) is 12.1 Å². The Bertz CT molecular complexity index is 682. The van der Waals surface area contributed by atoms with Gasteiger partial charge < -0.3 is 9.72 Å². The van der Waals surface area contributed by atoms with Crippen LogP contribution in [0.25, 0.3) is 21.8 Å². The van der Waals surface area contributed by atoms with Gasteiger partial charge in [0, 0.05) is 16.3 Å². The minimum absolute atomic E-state index is 0.688. The van der Waals surface area contributed by atoms with Crippen LogP contribution in [0.4, 0.5) is 0 Å². The monoisotopic (exact) mass is 225 g/mol. The van der Waals surface area contributed by atoms with E-state index < -0.39 is 0 Å². The van der Waals surface area contributed by atoms with Crippen molar-refractivity contribution >= 4 is 21.8 Å². The molecule has 1 aromatic heterocycles. The van der Waals surface area contributed by atoms with E-state index in [1.807, 2.05) is 19.1 Å². The molecule has 17 heavy (non-hydrogen) atoms. The highest BCUT2D eigenvalue weighted by molar-refractivity contribution is 6.10. The van der Waals surface area contributed by atoms with Crippen LogP contribution in [0.5, 0.6) is 5.75 Å². The van der Waals surface area contributed by atoms with Gasteiger partial charge in [-0.15, -0.1) is 0 Å². The second-order valence-electron chi connectivity index (χ2n) is 4.23. The Morgan fingerprint density at radius 2 is 1.94 bits per heavy atom. The van der Waals surface area contributed by atoms with E-state index in [4.69, 9.17) is 4.74 Å². The Hall–Kier alpha value is -1.96. The Morgan fingerprint density at radius 3 is 2.76 bits per heavy atom. The maximum absolute atomic E-state index is 5.67. The zero-order valence-electron chi connectivity index (χ0n) is 10.1. The highest BCUT2D eigenvalue weighted by Crippen LogP contribution is 2.33. The van der Waals surface area contributed by atoms with Gasteiger partial charge in [0.2, 0.25) is 0 Å². The van der Waals surface area contributed by atoms with Gasteiger partial charge in [-0.25, -0.2) is 0 Å². The summed E-state index contributed by atoms with van der Waals surface area (Å²) in [6.07, 6.45) is 0. The van der Waals surface area contributed by atoms with Crippen molar-refractivity contribution in [3.63, 3.8) is 0 Å². The molecule has 0 aliphatic heterocycles. The second kappa shape index (κ2) is 3.81. The standard InChI is InChI=1S/C15H15NO/c1-3-17-13-9-8-10(2)14-11-6-4-5-7-12(11)16-15(13)14/h4-9,16H,3H2,1-2H3. The molecule has 1 N–H and O–H groups in total. The Labute approximate surface area is 100 Å². The van der Waals surface area contributed by atoms with Crippen molar-refractivity contribution in [3.05, 3.63) is 42.0 Å². The Morgan fingerprint density at radius 1 is 1.12 bits per heavy atom. The van der Waals surface area contributed by atoms with E-state index >= 15 is 0 Å². The van der Waals surface area contributed by atoms with Gasteiger partial charge in [-0.05, 0) is 31.5 Å². The summed E-state index contributed by atoms with van der Waals surface area (Å²) in [6.45, 7) is 4.83. The fourth-order valence-electron chi connectivity index (χ4n) is 2.38. The lowest BCUT2D eigenvalue weighted by Crippen LogP contribution is -1.92. The number of aromatic amines is 1. The molecule has 2 heteroatoms. The molecule has 0 saturated carbocycles. The Balaban J connectivity index is 2.45. The van der Waals surface area contributed by atoms with Gasteiger partial charge in [-0.1, -0.05) is 24.3 Å². The number of aryl methyl sites for hydroxylation is 1. The average Bonchev–Trinajstić information content (AvgIpc) is 2.73. The number of H-pyrrole nitrogens is 1. The lowest BCUT2D eigenvalue weighted by molar-refractivity contribution is 0.343. The molecular formula is C15H15NO. The third-order valence-corrected chi connectivity index (χ3v) is 3.13. The maximum Gasteiger partial charge on any atom is 0.143 e. The molecule has 0 fully saturated rings. The molecule has 0 spiro atoms. The van der Waals surface area contributed by atoms with E-state index in [-0.39, 0.29) is 0 Å². The molecule has 0 aliphatic rings. The molecule has 0 radical (unpaired) electrons. The van der Waals surface area contributed by atoms with Crippen molar-refractivity contribution in [2.75, 3.05) is 6.61 Å². The number of nitrogens with one attached hydrogen (secondary N) is 1. The number of fused-ring (bicyclic) bond motifs is 3. The number of aromatic nitrogens is 1. The lowest BCUT2D eigenvalue weighted by atomic mass is 10.1. The van der Waals surface area contributed by atoms with Gasteiger partial charge >= 0.3 is 0 Å². The van der Waals surface area contributed by atoms with E-state index in [9.17, 15) is 0 Å². The molecule has 3 aromatic rings. The molecule has 3 rings (SSSR count). The molecule has 86 valence electrons. The van der Waals surface area contributed by atoms with Gasteiger partial charge in [0.1, 0.15) is 5.75 Å². The summed E-state index contributed by atoms with van der Waals surface area (Å²) >= 11 is 0. The van der Waals surface area contributed by atoms with E-state index in [0.717, 1.165) is 16.8 Å². The lowest BCUT2D eigenvalue weighted by Gasteiger charge is -2.05. The van der Waals surface area contributed by atoms with Crippen LogP contribution in [0.2, 0.25) is 0 Å². The van der Waals surface area contributed by atoms with Gasteiger partial charge in [-0.3, -0.25) is 0 Å². The van der Waals surface area contributed by atoms with Crippen molar-refractivity contribution in [1.29, 1.82) is 0 Å². The first-order chi connectivity index (χ1) is 8.31. The zero-order chi connectivity index (χ0) is 11.8. The van der Waals surface area contributed by atoms with Crippen LogP contribution in [0, 0.1) is 6.92 Å². The van der Waals surface area contributed by atoms with E-state index in [1.54, 1.807) is 0 Å². The summed E-state index contributed by atoms with van der Waals surface area (Å²) in [5, 5.41) is 2.54. The predicted octanol–water partition coefficient (Wildman–Crippen LogP) is 4.03.